The van der Waals surface area contributed by atoms with Crippen LogP contribution in [-0.2, 0) is 40.6 Å². The van der Waals surface area contributed by atoms with E-state index in [4.69, 9.17) is 62.9 Å². The number of nitrogens with zero attached hydrogens (tertiary/aromatic N) is 2. The second-order valence-electron chi connectivity index (χ2n) is 43.5. The van der Waals surface area contributed by atoms with Gasteiger partial charge in [-0.3, -0.25) is 0 Å². The van der Waals surface area contributed by atoms with Crippen LogP contribution in [0.2, 0.25) is 0 Å². The molecule has 0 radical (unpaired) electrons. The summed E-state index contributed by atoms with van der Waals surface area (Å²) in [6, 6.07) is 36.7. The molecular formula is C117H187Cl6N2OP4Ru3+3. The summed E-state index contributed by atoms with van der Waals surface area (Å²) in [5.74, 6) is 0.850. The third-order valence-corrected chi connectivity index (χ3v) is 56.9. The third kappa shape index (κ3) is 40.3. The molecule has 12 saturated carbocycles. The Balaban J connectivity index is 0.000000148. The fourth-order valence-corrected chi connectivity index (χ4v) is 53.9. The van der Waals surface area contributed by atoms with Crippen LogP contribution in [0.15, 0.2) is 109 Å². The summed E-state index contributed by atoms with van der Waals surface area (Å²) in [5.41, 5.74) is 28.8. The van der Waals surface area contributed by atoms with Gasteiger partial charge in [0.25, 0.3) is 0 Å². The number of benzene rings is 5. The fourth-order valence-electron chi connectivity index (χ4n) is 27.5. The van der Waals surface area contributed by atoms with Crippen molar-refractivity contribution >= 4 is 115 Å². The summed E-state index contributed by atoms with van der Waals surface area (Å²) in [4.78, 5) is 4.81. The Labute approximate surface area is 860 Å². The number of rotatable bonds is 19. The zero-order valence-electron chi connectivity index (χ0n) is 84.7. The molecule has 13 fully saturated rings. The molecule has 0 atom stereocenters. The molecular weight excluding hydrogens is 2090 g/mol. The van der Waals surface area contributed by atoms with Crippen molar-refractivity contribution in [2.45, 2.75) is 515 Å². The second kappa shape index (κ2) is 65.1. The number of aryl methyl sites for hydroxylation is 6. The molecule has 13 aliphatic rings. The van der Waals surface area contributed by atoms with E-state index in [0.29, 0.717) is 0 Å². The van der Waals surface area contributed by atoms with Crippen molar-refractivity contribution in [2.24, 2.45) is 0 Å². The molecule has 1 saturated heterocycles. The first kappa shape index (κ1) is 114. The van der Waals surface area contributed by atoms with Crippen molar-refractivity contribution in [1.82, 2.24) is 0 Å². The van der Waals surface area contributed by atoms with Crippen LogP contribution in [0.5, 0.6) is 5.75 Å². The van der Waals surface area contributed by atoms with E-state index in [9.17, 15) is 0 Å². The molecule has 1 aliphatic heterocycles. The molecule has 0 N–H and O–H groups in total. The SMILES string of the molecule is C1CCC([PH+](C2CCCCC2)C2CCCCC2)CC1.C1CCC([PH+](C2CCCCC2)C2CCCCC2)CC1.C1CCC([PH+](C2CCCCC2)C2CCCCC2)CC1.C1CCC([PH+](C2CCCCC2)C2CCCCC2)CC1.CC(C)Oc1ccccc1[CH]=[Ru]([Cl])[Cl].Cc1cc(C)c(N2[CH-]N(c3c(C)cc(C)cc3C)CC2)c(C)c1.[Cl][Ru]([Cl])=[CH]c1ccccc1.[Cl][Ru]([Cl])=[CH]c1ccccc1. The van der Waals surface area contributed by atoms with E-state index in [1.165, 1.54) is 113 Å². The van der Waals surface area contributed by atoms with Gasteiger partial charge in [0.1, 0.15) is 0 Å². The Hall–Kier alpha value is 0.440. The van der Waals surface area contributed by atoms with E-state index in [1.54, 1.807) is 385 Å². The molecule has 18 rings (SSSR count). The molecule has 0 bridgehead atoms. The topological polar surface area (TPSA) is 15.7 Å². The van der Waals surface area contributed by atoms with E-state index in [1.807, 2.05) is 113 Å². The monoisotopic (exact) mass is 2280 g/mol. The van der Waals surface area contributed by atoms with E-state index >= 15 is 0 Å². The van der Waals surface area contributed by atoms with Crippen LogP contribution in [0.3, 0.4) is 0 Å². The Morgan fingerprint density at radius 1 is 0.271 bits per heavy atom. The third-order valence-electron chi connectivity index (χ3n) is 33.1. The van der Waals surface area contributed by atoms with Crippen molar-refractivity contribution in [1.29, 1.82) is 0 Å². The number of anilines is 2. The second-order valence-corrected chi connectivity index (χ2v) is 74.4. The van der Waals surface area contributed by atoms with Crippen LogP contribution in [-0.4, -0.2) is 101 Å². The predicted octanol–water partition coefficient (Wildman–Crippen LogP) is 38.9. The first-order valence-corrected chi connectivity index (χ1v) is 78.6. The number of ether oxygens (including phenoxy) is 1. The van der Waals surface area contributed by atoms with Crippen LogP contribution in [0.1, 0.15) is 449 Å². The van der Waals surface area contributed by atoms with Crippen LogP contribution >= 0.6 is 89.8 Å². The Morgan fingerprint density at radius 2 is 0.459 bits per heavy atom. The number of halogens is 6. The quantitative estimate of drug-likeness (QED) is 0.0466. The molecule has 0 spiro atoms. The van der Waals surface area contributed by atoms with Crippen LogP contribution in [0.4, 0.5) is 11.4 Å². The molecule has 5 aromatic rings. The van der Waals surface area contributed by atoms with Gasteiger partial charge in [-0.15, -0.1) is 0 Å². The van der Waals surface area contributed by atoms with Gasteiger partial charge in [-0.25, -0.2) is 0 Å². The number of hydrogen-bond acceptors (Lipinski definition) is 3. The Morgan fingerprint density at radius 3 is 0.647 bits per heavy atom. The van der Waals surface area contributed by atoms with E-state index in [2.05, 4.69) is 82.3 Å². The van der Waals surface area contributed by atoms with E-state index < -0.39 is 40.6 Å². The standard InChI is InChI=1S/C21H27N2.4C18H33P.C10H12O.2C7H6.6ClH.3Ru/c1-14-9-16(3)20(17(4)10-14)22-7-8-23(13-22)21-18(5)11-15(2)12-19(21)6;4*1-4-10-16(11-5-1)19(17-12-6-2-7-13-17)18-14-8-3-9-15-18;1-8(2)11-10-7-5-4-6-9(10)3;2*1-7-5-3-2-4-6-7;;;;;;;;;/h9-13H,7-8H2,1-6H3;4*16-18H,1-15H2;3-8H,1-2H3;2*1-6H;6*1H;;;/q-1;;;;;;;;;;;;;;3*+2/p-2. The zero-order valence-corrected chi connectivity index (χ0v) is 98.4. The first-order chi connectivity index (χ1) is 64.8. The average Bonchev–Trinajstić information content (AvgIpc) is 1.60. The Bertz CT molecular complexity index is 3500. The van der Waals surface area contributed by atoms with E-state index in [0.717, 1.165) is 35.5 Å². The molecule has 3 nitrogen and oxygen atoms in total. The molecule has 0 aromatic heterocycles. The molecule has 12 aliphatic carbocycles. The molecule has 133 heavy (non-hydrogen) atoms. The molecule has 1 heterocycles. The van der Waals surface area contributed by atoms with Crippen LogP contribution in [0, 0.1) is 48.2 Å². The minimum atomic E-state index is -1.77. The zero-order chi connectivity index (χ0) is 93.7. The summed E-state index contributed by atoms with van der Waals surface area (Å²) in [7, 11) is 34.1. The molecule has 0 amide bonds. The van der Waals surface area contributed by atoms with Gasteiger partial charge in [0.15, 0.2) is 0 Å². The molecule has 0 unspecified atom stereocenters. The van der Waals surface area contributed by atoms with E-state index in [-0.39, 0.29) is 37.8 Å². The summed E-state index contributed by atoms with van der Waals surface area (Å²) in [5, 5.41) is 0. The molecule has 5 aromatic carbocycles. The van der Waals surface area contributed by atoms with Crippen molar-refractivity contribution in [3.05, 3.63) is 166 Å². The van der Waals surface area contributed by atoms with Crippen LogP contribution in [0.25, 0.3) is 0 Å². The molecule has 16 heteroatoms. The summed E-state index contributed by atoms with van der Waals surface area (Å²) >= 11 is -5.00. The molecule has 754 valence electrons. The van der Waals surface area contributed by atoms with Gasteiger partial charge >= 0.3 is 245 Å². The van der Waals surface area contributed by atoms with Crippen LogP contribution < -0.4 is 14.5 Å². The fraction of sp³-hybridized carbons (Fsp3) is 0.709. The van der Waals surface area contributed by atoms with Crippen molar-refractivity contribution in [2.75, 3.05) is 22.9 Å². The first-order valence-electron chi connectivity index (χ1n) is 55.2. The van der Waals surface area contributed by atoms with Crippen molar-refractivity contribution < 1.29 is 45.3 Å². The van der Waals surface area contributed by atoms with Gasteiger partial charge in [0, 0.05) is 56.2 Å². The summed E-state index contributed by atoms with van der Waals surface area (Å²) < 4.78 is 11.4. The number of hydrogen-bond donors (Lipinski definition) is 0. The predicted molar refractivity (Wildman–Crippen MR) is 602 cm³/mol. The van der Waals surface area contributed by atoms with Gasteiger partial charge in [0.2, 0.25) is 0 Å². The average molecular weight is 2280 g/mol. The maximum absolute atomic E-state index is 5.82. The van der Waals surface area contributed by atoms with Gasteiger partial charge in [-0.05, 0) is 372 Å². The normalized spacial score (nSPS) is 21.9. The van der Waals surface area contributed by atoms with Crippen molar-refractivity contribution in [3.63, 3.8) is 0 Å². The van der Waals surface area contributed by atoms with Gasteiger partial charge in [-0.1, -0.05) is 112 Å². The minimum absolute atomic E-state index is 0.0465. The number of para-hydroxylation sites is 1. The maximum atomic E-state index is 5.82. The van der Waals surface area contributed by atoms with Gasteiger partial charge in [0.05, 0.1) is 67.9 Å². The van der Waals surface area contributed by atoms with Gasteiger partial charge in [-0.2, -0.15) is 6.67 Å². The van der Waals surface area contributed by atoms with Crippen molar-refractivity contribution in [3.8, 4) is 5.75 Å². The summed E-state index contributed by atoms with van der Waals surface area (Å²) in [6.07, 6.45) is 95.3. The Kier molecular flexibility index (Phi) is 55.7. The summed E-state index contributed by atoms with van der Waals surface area (Å²) in [6.45, 7) is 21.6. The van der Waals surface area contributed by atoms with Gasteiger partial charge < -0.3 is 9.80 Å².